The second-order valence-electron chi connectivity index (χ2n) is 3.21. The normalized spacial score (nSPS) is 9.81. The number of rotatable bonds is 2. The number of aromatic nitrogens is 3. The van der Waals surface area contributed by atoms with Crippen LogP contribution in [0.3, 0.4) is 0 Å². The lowest BCUT2D eigenvalue weighted by Gasteiger charge is -2.15. The SMILES string of the molecule is CN(C(=O)c1cccnc1)c1ccnnc1. The van der Waals surface area contributed by atoms with Gasteiger partial charge in [0, 0.05) is 19.4 Å². The van der Waals surface area contributed by atoms with Crippen molar-refractivity contribution < 1.29 is 4.79 Å². The van der Waals surface area contributed by atoms with Crippen LogP contribution in [0.5, 0.6) is 0 Å². The minimum atomic E-state index is -0.124. The fourth-order valence-corrected chi connectivity index (χ4v) is 1.28. The number of amides is 1. The molecule has 0 N–H and O–H groups in total. The molecular weight excluding hydrogens is 204 g/mol. The van der Waals surface area contributed by atoms with Gasteiger partial charge in [0.05, 0.1) is 23.6 Å². The van der Waals surface area contributed by atoms with Gasteiger partial charge in [-0.25, -0.2) is 0 Å². The third-order valence-corrected chi connectivity index (χ3v) is 2.17. The number of nitrogens with zero attached hydrogens (tertiary/aromatic N) is 4. The third-order valence-electron chi connectivity index (χ3n) is 2.17. The van der Waals surface area contributed by atoms with E-state index < -0.39 is 0 Å². The summed E-state index contributed by atoms with van der Waals surface area (Å²) >= 11 is 0. The van der Waals surface area contributed by atoms with Crippen LogP contribution in [0, 0.1) is 0 Å². The van der Waals surface area contributed by atoms with Gasteiger partial charge in [-0.1, -0.05) is 0 Å². The summed E-state index contributed by atoms with van der Waals surface area (Å²) in [6.45, 7) is 0. The molecule has 5 heteroatoms. The Kier molecular flexibility index (Phi) is 2.86. The van der Waals surface area contributed by atoms with E-state index in [4.69, 9.17) is 0 Å². The van der Waals surface area contributed by atoms with Crippen LogP contribution in [0.1, 0.15) is 10.4 Å². The maximum Gasteiger partial charge on any atom is 0.259 e. The molecule has 2 rings (SSSR count). The highest BCUT2D eigenvalue weighted by molar-refractivity contribution is 6.05. The maximum atomic E-state index is 12.0. The molecule has 5 nitrogen and oxygen atoms in total. The van der Waals surface area contributed by atoms with E-state index in [0.717, 1.165) is 0 Å². The molecule has 0 bridgehead atoms. The maximum absolute atomic E-state index is 12.0. The van der Waals surface area contributed by atoms with Crippen LogP contribution >= 0.6 is 0 Å². The van der Waals surface area contributed by atoms with E-state index in [1.807, 2.05) is 0 Å². The molecule has 0 aliphatic heterocycles. The zero-order valence-corrected chi connectivity index (χ0v) is 8.74. The van der Waals surface area contributed by atoms with Crippen molar-refractivity contribution in [3.8, 4) is 0 Å². The average Bonchev–Trinajstić information content (AvgIpc) is 2.39. The minimum Gasteiger partial charge on any atom is -0.310 e. The topological polar surface area (TPSA) is 59.0 Å². The van der Waals surface area contributed by atoms with Gasteiger partial charge in [0.15, 0.2) is 0 Å². The van der Waals surface area contributed by atoms with Crippen LogP contribution in [0.15, 0.2) is 43.0 Å². The third kappa shape index (κ3) is 2.03. The zero-order valence-electron chi connectivity index (χ0n) is 8.74. The first-order valence-electron chi connectivity index (χ1n) is 4.74. The molecule has 0 aromatic carbocycles. The fourth-order valence-electron chi connectivity index (χ4n) is 1.28. The van der Waals surface area contributed by atoms with Crippen molar-refractivity contribution in [2.45, 2.75) is 0 Å². The molecule has 2 aromatic heterocycles. The summed E-state index contributed by atoms with van der Waals surface area (Å²) in [5, 5.41) is 7.38. The lowest BCUT2D eigenvalue weighted by Crippen LogP contribution is -2.26. The van der Waals surface area contributed by atoms with E-state index in [-0.39, 0.29) is 5.91 Å². The molecule has 0 saturated heterocycles. The predicted molar refractivity (Wildman–Crippen MR) is 59.0 cm³/mol. The van der Waals surface area contributed by atoms with Crippen LogP contribution in [-0.4, -0.2) is 28.1 Å². The van der Waals surface area contributed by atoms with Crippen LogP contribution in [-0.2, 0) is 0 Å². The minimum absolute atomic E-state index is 0.124. The zero-order chi connectivity index (χ0) is 11.4. The van der Waals surface area contributed by atoms with Gasteiger partial charge in [0.1, 0.15) is 0 Å². The van der Waals surface area contributed by atoms with Crippen molar-refractivity contribution >= 4 is 11.6 Å². The van der Waals surface area contributed by atoms with Crippen molar-refractivity contribution in [1.82, 2.24) is 15.2 Å². The predicted octanol–water partition coefficient (Wildman–Crippen LogP) is 1.15. The summed E-state index contributed by atoms with van der Waals surface area (Å²) in [4.78, 5) is 17.4. The Morgan fingerprint density at radius 1 is 1.19 bits per heavy atom. The van der Waals surface area contributed by atoms with E-state index in [9.17, 15) is 4.79 Å². The molecule has 0 unspecified atom stereocenters. The molecule has 2 aromatic rings. The number of hydrogen-bond donors (Lipinski definition) is 0. The highest BCUT2D eigenvalue weighted by atomic mass is 16.2. The van der Waals surface area contributed by atoms with E-state index in [0.29, 0.717) is 11.3 Å². The second-order valence-corrected chi connectivity index (χ2v) is 3.21. The van der Waals surface area contributed by atoms with Gasteiger partial charge < -0.3 is 4.90 Å². The lowest BCUT2D eigenvalue weighted by molar-refractivity contribution is 0.0992. The van der Waals surface area contributed by atoms with Gasteiger partial charge in [-0.2, -0.15) is 10.2 Å². The summed E-state index contributed by atoms with van der Waals surface area (Å²) in [6, 6.07) is 5.17. The summed E-state index contributed by atoms with van der Waals surface area (Å²) in [6.07, 6.45) is 6.24. The Morgan fingerprint density at radius 3 is 2.69 bits per heavy atom. The van der Waals surface area contributed by atoms with E-state index in [1.54, 1.807) is 37.6 Å². The first-order valence-corrected chi connectivity index (χ1v) is 4.74. The van der Waals surface area contributed by atoms with Crippen molar-refractivity contribution in [3.05, 3.63) is 48.5 Å². The highest BCUT2D eigenvalue weighted by Gasteiger charge is 2.13. The smallest absolute Gasteiger partial charge is 0.259 e. The number of carbonyl (C=O) groups excluding carboxylic acids is 1. The Balaban J connectivity index is 2.24. The molecule has 0 fully saturated rings. The fraction of sp³-hybridized carbons (Fsp3) is 0.0909. The monoisotopic (exact) mass is 214 g/mol. The Labute approximate surface area is 92.8 Å². The van der Waals surface area contributed by atoms with Crippen molar-refractivity contribution in [1.29, 1.82) is 0 Å². The van der Waals surface area contributed by atoms with Gasteiger partial charge in [0.25, 0.3) is 5.91 Å². The molecule has 0 spiro atoms. The summed E-state index contributed by atoms with van der Waals surface area (Å²) in [5.41, 5.74) is 1.24. The molecule has 80 valence electrons. The van der Waals surface area contributed by atoms with Crippen LogP contribution < -0.4 is 4.90 Å². The molecule has 16 heavy (non-hydrogen) atoms. The van der Waals surface area contributed by atoms with Crippen LogP contribution in [0.25, 0.3) is 0 Å². The first kappa shape index (κ1) is 10.2. The highest BCUT2D eigenvalue weighted by Crippen LogP contribution is 2.11. The number of anilines is 1. The quantitative estimate of drug-likeness (QED) is 0.752. The number of carbonyl (C=O) groups is 1. The molecule has 0 saturated carbocycles. The molecule has 0 radical (unpaired) electrons. The van der Waals surface area contributed by atoms with E-state index >= 15 is 0 Å². The molecule has 0 aliphatic rings. The van der Waals surface area contributed by atoms with E-state index in [1.165, 1.54) is 17.3 Å². The Bertz CT molecular complexity index is 472. The second kappa shape index (κ2) is 4.48. The van der Waals surface area contributed by atoms with Gasteiger partial charge in [-0.15, -0.1) is 0 Å². The summed E-state index contributed by atoms with van der Waals surface area (Å²) in [5.74, 6) is -0.124. The largest absolute Gasteiger partial charge is 0.310 e. The van der Waals surface area contributed by atoms with Gasteiger partial charge >= 0.3 is 0 Å². The molecular formula is C11H10N4O. The summed E-state index contributed by atoms with van der Waals surface area (Å²) < 4.78 is 0. The molecule has 2 heterocycles. The molecule has 0 aliphatic carbocycles. The van der Waals surface area contributed by atoms with E-state index in [2.05, 4.69) is 15.2 Å². The van der Waals surface area contributed by atoms with Crippen molar-refractivity contribution in [2.75, 3.05) is 11.9 Å². The average molecular weight is 214 g/mol. The van der Waals surface area contributed by atoms with Crippen LogP contribution in [0.2, 0.25) is 0 Å². The van der Waals surface area contributed by atoms with Crippen molar-refractivity contribution in [2.24, 2.45) is 0 Å². The first-order chi connectivity index (χ1) is 7.79. The van der Waals surface area contributed by atoms with Gasteiger partial charge in [-0.05, 0) is 18.2 Å². The van der Waals surface area contributed by atoms with Crippen molar-refractivity contribution in [3.63, 3.8) is 0 Å². The van der Waals surface area contributed by atoms with Gasteiger partial charge in [0.2, 0.25) is 0 Å². The Hall–Kier alpha value is -2.30. The Morgan fingerprint density at radius 2 is 2.06 bits per heavy atom. The van der Waals surface area contributed by atoms with Crippen LogP contribution in [0.4, 0.5) is 5.69 Å². The number of pyridine rings is 1. The lowest BCUT2D eigenvalue weighted by atomic mass is 10.2. The number of hydrogen-bond acceptors (Lipinski definition) is 4. The summed E-state index contributed by atoms with van der Waals surface area (Å²) in [7, 11) is 1.69. The molecule has 1 amide bonds. The standard InChI is InChI=1S/C11H10N4O/c1-15(10-4-6-13-14-8-10)11(16)9-3-2-5-12-7-9/h2-8H,1H3. The van der Waals surface area contributed by atoms with Gasteiger partial charge in [-0.3, -0.25) is 9.78 Å². The molecule has 0 atom stereocenters.